The number of nitrogens with zero attached hydrogens (tertiary/aromatic N) is 1. The summed E-state index contributed by atoms with van der Waals surface area (Å²) in [6.45, 7) is 5.58. The SMILES string of the molecule is CCC/C=C\CCCCCCCCOCC(COP(=O)(O)OCC[N+](C)(C)C)OC(=O)CCCCCCCCCCCCC/C=C\CCCCCCCCCC. The summed E-state index contributed by atoms with van der Waals surface area (Å²) in [6.07, 6.45) is 46.5. The summed E-state index contributed by atoms with van der Waals surface area (Å²) in [4.78, 5) is 22.9. The predicted molar refractivity (Wildman–Crippen MR) is 238 cm³/mol. The Hall–Kier alpha value is -1.02. The van der Waals surface area contributed by atoms with Gasteiger partial charge < -0.3 is 18.9 Å². The fourth-order valence-corrected chi connectivity index (χ4v) is 7.29. The highest BCUT2D eigenvalue weighted by atomic mass is 31.2. The number of likely N-dealkylation sites (N-methyl/N-ethyl adjacent to an activating group) is 1. The molecule has 56 heavy (non-hydrogen) atoms. The Kier molecular flexibility index (Phi) is 40.0. The minimum atomic E-state index is -4.27. The van der Waals surface area contributed by atoms with Crippen LogP contribution < -0.4 is 0 Å². The molecule has 0 rings (SSSR count). The van der Waals surface area contributed by atoms with E-state index in [-0.39, 0.29) is 25.8 Å². The quantitative estimate of drug-likeness (QED) is 0.0215. The number of carbonyl (C=O) groups is 1. The lowest BCUT2D eigenvalue weighted by atomic mass is 10.0. The Morgan fingerprint density at radius 2 is 0.964 bits per heavy atom. The van der Waals surface area contributed by atoms with Gasteiger partial charge in [0.25, 0.3) is 0 Å². The molecule has 0 aromatic carbocycles. The molecule has 0 aromatic rings. The first-order valence-corrected chi connectivity index (χ1v) is 25.1. The van der Waals surface area contributed by atoms with E-state index in [9.17, 15) is 14.3 Å². The first-order chi connectivity index (χ1) is 27.1. The second kappa shape index (κ2) is 40.7. The number of ether oxygens (including phenoxy) is 2. The number of unbranched alkanes of at least 4 members (excludes halogenated alkanes) is 26. The van der Waals surface area contributed by atoms with E-state index in [1.807, 2.05) is 21.1 Å². The van der Waals surface area contributed by atoms with Crippen molar-refractivity contribution in [1.29, 1.82) is 0 Å². The maximum Gasteiger partial charge on any atom is 0.472 e. The summed E-state index contributed by atoms with van der Waals surface area (Å²) in [5.41, 5.74) is 0. The highest BCUT2D eigenvalue weighted by Crippen LogP contribution is 2.43. The van der Waals surface area contributed by atoms with Gasteiger partial charge in [-0.15, -0.1) is 0 Å². The van der Waals surface area contributed by atoms with Crippen LogP contribution in [-0.2, 0) is 27.9 Å². The van der Waals surface area contributed by atoms with Crippen molar-refractivity contribution in [2.24, 2.45) is 0 Å². The van der Waals surface area contributed by atoms with Crippen LogP contribution in [0.5, 0.6) is 0 Å². The molecule has 0 saturated heterocycles. The van der Waals surface area contributed by atoms with Crippen molar-refractivity contribution in [1.82, 2.24) is 0 Å². The molecule has 0 aliphatic heterocycles. The van der Waals surface area contributed by atoms with Crippen LogP contribution >= 0.6 is 7.82 Å². The summed E-state index contributed by atoms with van der Waals surface area (Å²) in [7, 11) is 1.67. The molecule has 1 N–H and O–H groups in total. The molecule has 0 bridgehead atoms. The molecule has 9 heteroatoms. The van der Waals surface area contributed by atoms with E-state index in [1.54, 1.807) is 0 Å². The third-order valence-corrected chi connectivity index (χ3v) is 11.2. The summed E-state index contributed by atoms with van der Waals surface area (Å²) < 4.78 is 35.0. The molecule has 0 heterocycles. The molecular formula is C47H93NO7P+. The topological polar surface area (TPSA) is 91.3 Å². The highest BCUT2D eigenvalue weighted by Gasteiger charge is 2.26. The van der Waals surface area contributed by atoms with Gasteiger partial charge in [-0.3, -0.25) is 13.8 Å². The molecular weight excluding hydrogens is 721 g/mol. The van der Waals surface area contributed by atoms with Crippen LogP contribution in [0.1, 0.15) is 213 Å². The van der Waals surface area contributed by atoms with Gasteiger partial charge in [0.2, 0.25) is 0 Å². The van der Waals surface area contributed by atoms with Gasteiger partial charge in [0.05, 0.1) is 34.4 Å². The fraction of sp³-hybridized carbons (Fsp3) is 0.894. The van der Waals surface area contributed by atoms with E-state index in [2.05, 4.69) is 38.2 Å². The normalized spacial score (nSPS) is 13.9. The Bertz CT molecular complexity index is 951. The number of quaternary nitrogens is 1. The monoisotopic (exact) mass is 815 g/mol. The molecule has 2 unspecified atom stereocenters. The molecule has 0 fully saturated rings. The zero-order valence-electron chi connectivity index (χ0n) is 37.6. The Labute approximate surface area is 347 Å². The van der Waals surface area contributed by atoms with Crippen molar-refractivity contribution in [3.63, 3.8) is 0 Å². The Balaban J connectivity index is 4.08. The molecule has 0 aromatic heterocycles. The van der Waals surface area contributed by atoms with Crippen molar-refractivity contribution >= 4 is 13.8 Å². The molecule has 0 aliphatic rings. The second-order valence-corrected chi connectivity index (χ2v) is 18.6. The zero-order valence-corrected chi connectivity index (χ0v) is 38.5. The zero-order chi connectivity index (χ0) is 41.3. The number of allylic oxidation sites excluding steroid dienone is 4. The van der Waals surface area contributed by atoms with Gasteiger partial charge in [0.1, 0.15) is 19.3 Å². The van der Waals surface area contributed by atoms with Gasteiger partial charge in [-0.25, -0.2) is 4.57 Å². The molecule has 2 atom stereocenters. The Morgan fingerprint density at radius 3 is 1.43 bits per heavy atom. The molecule has 8 nitrogen and oxygen atoms in total. The number of rotatable bonds is 44. The average molecular weight is 815 g/mol. The molecule has 0 amide bonds. The van der Waals surface area contributed by atoms with E-state index >= 15 is 0 Å². The molecule has 0 radical (unpaired) electrons. The van der Waals surface area contributed by atoms with Crippen LogP contribution in [0.25, 0.3) is 0 Å². The Morgan fingerprint density at radius 1 is 0.536 bits per heavy atom. The maximum atomic E-state index is 12.7. The largest absolute Gasteiger partial charge is 0.472 e. The molecule has 332 valence electrons. The highest BCUT2D eigenvalue weighted by molar-refractivity contribution is 7.47. The van der Waals surface area contributed by atoms with Crippen molar-refractivity contribution in [2.45, 2.75) is 219 Å². The third-order valence-electron chi connectivity index (χ3n) is 10.2. The summed E-state index contributed by atoms with van der Waals surface area (Å²) in [5, 5.41) is 0. The van der Waals surface area contributed by atoms with Crippen molar-refractivity contribution in [2.75, 3.05) is 54.1 Å². The van der Waals surface area contributed by atoms with E-state index in [1.165, 1.54) is 161 Å². The minimum absolute atomic E-state index is 0.0886. The van der Waals surface area contributed by atoms with E-state index < -0.39 is 13.9 Å². The van der Waals surface area contributed by atoms with Crippen LogP contribution in [0.4, 0.5) is 0 Å². The van der Waals surface area contributed by atoms with Gasteiger partial charge in [-0.2, -0.15) is 0 Å². The number of esters is 1. The number of hydrogen-bond donors (Lipinski definition) is 1. The van der Waals surface area contributed by atoms with E-state index in [0.717, 1.165) is 32.1 Å². The first kappa shape index (κ1) is 55.0. The first-order valence-electron chi connectivity index (χ1n) is 23.6. The lowest BCUT2D eigenvalue weighted by Gasteiger charge is -2.24. The summed E-state index contributed by atoms with van der Waals surface area (Å²) >= 11 is 0. The smallest absolute Gasteiger partial charge is 0.457 e. The predicted octanol–water partition coefficient (Wildman–Crippen LogP) is 14.0. The second-order valence-electron chi connectivity index (χ2n) is 17.1. The van der Waals surface area contributed by atoms with Crippen LogP contribution in [0.2, 0.25) is 0 Å². The van der Waals surface area contributed by atoms with Crippen LogP contribution in [0.3, 0.4) is 0 Å². The molecule has 0 aliphatic carbocycles. The average Bonchev–Trinajstić information content (AvgIpc) is 3.15. The molecule has 0 saturated carbocycles. The number of hydrogen-bond acceptors (Lipinski definition) is 6. The number of carbonyl (C=O) groups excluding carboxylic acids is 1. The fourth-order valence-electron chi connectivity index (χ4n) is 6.55. The van der Waals surface area contributed by atoms with E-state index in [0.29, 0.717) is 24.1 Å². The van der Waals surface area contributed by atoms with Gasteiger partial charge in [0, 0.05) is 13.0 Å². The van der Waals surface area contributed by atoms with Crippen LogP contribution in [0.15, 0.2) is 24.3 Å². The maximum absolute atomic E-state index is 12.7. The van der Waals surface area contributed by atoms with Gasteiger partial charge >= 0.3 is 13.8 Å². The number of phosphoric ester groups is 1. The summed E-state index contributed by atoms with van der Waals surface area (Å²) in [5.74, 6) is -0.315. The van der Waals surface area contributed by atoms with Crippen molar-refractivity contribution < 1.29 is 37.3 Å². The van der Waals surface area contributed by atoms with Gasteiger partial charge in [0.15, 0.2) is 0 Å². The lowest BCUT2D eigenvalue weighted by molar-refractivity contribution is -0.870. The minimum Gasteiger partial charge on any atom is -0.457 e. The van der Waals surface area contributed by atoms with Crippen LogP contribution in [-0.4, -0.2) is 75.6 Å². The molecule has 0 spiro atoms. The van der Waals surface area contributed by atoms with Crippen molar-refractivity contribution in [3.8, 4) is 0 Å². The third kappa shape index (κ3) is 44.1. The van der Waals surface area contributed by atoms with Gasteiger partial charge in [-0.1, -0.05) is 173 Å². The summed E-state index contributed by atoms with van der Waals surface area (Å²) in [6, 6.07) is 0. The standard InChI is InChI=1S/C47H92NO7P/c1-6-8-10-12-14-16-18-19-20-21-22-23-24-25-26-27-28-29-30-32-34-36-38-40-47(49)55-46(45-54-56(50,51)53-43-41-48(3,4)5)44-52-42-39-37-35-33-31-17-15-13-11-9-7-2/h11,13,21-22,46H,6-10,12,14-20,23-45H2,1-5H3/p+1/b13-11-,22-21-. The van der Waals surface area contributed by atoms with Crippen LogP contribution in [0, 0.1) is 0 Å². The van der Waals surface area contributed by atoms with E-state index in [4.69, 9.17) is 18.5 Å². The van der Waals surface area contributed by atoms with Gasteiger partial charge in [-0.05, 0) is 57.8 Å². The lowest BCUT2D eigenvalue weighted by Crippen LogP contribution is -2.37. The number of phosphoric acid groups is 1. The van der Waals surface area contributed by atoms with Crippen molar-refractivity contribution in [3.05, 3.63) is 24.3 Å².